The van der Waals surface area contributed by atoms with Gasteiger partial charge in [0.2, 0.25) is 0 Å². The summed E-state index contributed by atoms with van der Waals surface area (Å²) in [6.45, 7) is 3.04. The van der Waals surface area contributed by atoms with Crippen LogP contribution in [0.4, 0.5) is 28.7 Å². The minimum absolute atomic E-state index is 0.404. The molecule has 2 heterocycles. The fourth-order valence-corrected chi connectivity index (χ4v) is 2.97. The molecule has 0 saturated heterocycles. The monoisotopic (exact) mass is 383 g/mol. The molecule has 0 aliphatic carbocycles. The zero-order valence-electron chi connectivity index (χ0n) is 14.6. The lowest BCUT2D eigenvalue weighted by molar-refractivity contribution is 0.171. The zero-order valence-corrected chi connectivity index (χ0v) is 15.4. The molecule has 4 N–H and O–H groups in total. The van der Waals surface area contributed by atoms with E-state index in [1.807, 2.05) is 43.3 Å². The Bertz CT molecular complexity index is 996. The third-order valence-electron chi connectivity index (χ3n) is 4.13. The second kappa shape index (κ2) is 7.20. The number of nitrogens with zero attached hydrogens (tertiary/aromatic N) is 2. The number of fused-ring (bicyclic) bond motifs is 1. The largest absolute Gasteiger partial charge is 0.486 e. The van der Waals surface area contributed by atoms with E-state index in [-0.39, 0.29) is 0 Å². The standard InChI is InChI=1S/C19H18ClN5O2/c1-11-8-12(20)2-4-14(11)25-19-17(21)18(22-10-23-19)24-13-3-5-15-16(9-13)27-7-6-26-15/h2-5,8-10H,6-7,21H2,1H3,(H2,22,23,24,25). The van der Waals surface area contributed by atoms with Crippen LogP contribution in [-0.2, 0) is 0 Å². The first-order chi connectivity index (χ1) is 13.1. The molecule has 1 aromatic heterocycles. The van der Waals surface area contributed by atoms with Gasteiger partial charge in [-0.15, -0.1) is 0 Å². The van der Waals surface area contributed by atoms with Gasteiger partial charge in [0.15, 0.2) is 23.1 Å². The zero-order chi connectivity index (χ0) is 18.8. The quantitative estimate of drug-likeness (QED) is 0.619. The van der Waals surface area contributed by atoms with Crippen LogP contribution < -0.4 is 25.8 Å². The van der Waals surface area contributed by atoms with E-state index >= 15 is 0 Å². The van der Waals surface area contributed by atoms with E-state index in [0.717, 1.165) is 22.7 Å². The minimum Gasteiger partial charge on any atom is -0.486 e. The highest BCUT2D eigenvalue weighted by Crippen LogP contribution is 2.35. The molecule has 0 fully saturated rings. The van der Waals surface area contributed by atoms with Crippen LogP contribution in [0.25, 0.3) is 0 Å². The van der Waals surface area contributed by atoms with Crippen molar-refractivity contribution < 1.29 is 9.47 Å². The summed E-state index contributed by atoms with van der Waals surface area (Å²) in [4.78, 5) is 8.49. The van der Waals surface area contributed by atoms with Crippen LogP contribution >= 0.6 is 11.6 Å². The van der Waals surface area contributed by atoms with E-state index < -0.39 is 0 Å². The number of aromatic nitrogens is 2. The molecule has 0 spiro atoms. The highest BCUT2D eigenvalue weighted by molar-refractivity contribution is 6.30. The Kier molecular flexibility index (Phi) is 4.60. The predicted octanol–water partition coefficient (Wildman–Crippen LogP) is 4.28. The molecule has 4 rings (SSSR count). The molecule has 3 aromatic rings. The normalized spacial score (nSPS) is 12.5. The first kappa shape index (κ1) is 17.2. The van der Waals surface area contributed by atoms with Crippen LogP contribution in [0.2, 0.25) is 5.02 Å². The van der Waals surface area contributed by atoms with Gasteiger partial charge in [-0.05, 0) is 42.8 Å². The predicted molar refractivity (Wildman–Crippen MR) is 107 cm³/mol. The molecule has 8 heteroatoms. The number of nitrogens with one attached hydrogen (secondary N) is 2. The van der Waals surface area contributed by atoms with Crippen molar-refractivity contribution >= 4 is 40.3 Å². The number of nitrogen functional groups attached to an aromatic ring is 1. The molecule has 0 saturated carbocycles. The van der Waals surface area contributed by atoms with Crippen molar-refractivity contribution in [2.75, 3.05) is 29.6 Å². The molecule has 27 heavy (non-hydrogen) atoms. The molecule has 0 atom stereocenters. The number of benzene rings is 2. The Labute approximate surface area is 161 Å². The summed E-state index contributed by atoms with van der Waals surface area (Å²) >= 11 is 6.01. The Morgan fingerprint density at radius 2 is 1.70 bits per heavy atom. The number of aryl methyl sites for hydroxylation is 1. The van der Waals surface area contributed by atoms with Gasteiger partial charge >= 0.3 is 0 Å². The Morgan fingerprint density at radius 3 is 2.48 bits per heavy atom. The lowest BCUT2D eigenvalue weighted by atomic mass is 10.2. The van der Waals surface area contributed by atoms with Crippen LogP contribution in [0, 0.1) is 6.92 Å². The Balaban J connectivity index is 1.58. The van der Waals surface area contributed by atoms with E-state index in [2.05, 4.69) is 20.6 Å². The first-order valence-electron chi connectivity index (χ1n) is 8.40. The fourth-order valence-electron chi connectivity index (χ4n) is 2.75. The van der Waals surface area contributed by atoms with E-state index in [1.165, 1.54) is 6.33 Å². The third-order valence-corrected chi connectivity index (χ3v) is 4.37. The van der Waals surface area contributed by atoms with Crippen LogP contribution in [0.5, 0.6) is 11.5 Å². The highest BCUT2D eigenvalue weighted by Gasteiger charge is 2.14. The van der Waals surface area contributed by atoms with Crippen molar-refractivity contribution in [3.05, 3.63) is 53.3 Å². The van der Waals surface area contributed by atoms with Gasteiger partial charge in [-0.25, -0.2) is 9.97 Å². The maximum absolute atomic E-state index is 6.26. The maximum Gasteiger partial charge on any atom is 0.163 e. The van der Waals surface area contributed by atoms with Crippen molar-refractivity contribution in [2.45, 2.75) is 6.92 Å². The lowest BCUT2D eigenvalue weighted by Gasteiger charge is -2.19. The van der Waals surface area contributed by atoms with Gasteiger partial charge in [-0.2, -0.15) is 0 Å². The summed E-state index contributed by atoms with van der Waals surface area (Å²) in [6, 6.07) is 11.1. The summed E-state index contributed by atoms with van der Waals surface area (Å²) in [7, 11) is 0. The van der Waals surface area contributed by atoms with Crippen molar-refractivity contribution in [2.24, 2.45) is 0 Å². The lowest BCUT2D eigenvalue weighted by Crippen LogP contribution is -2.15. The molecule has 0 bridgehead atoms. The fraction of sp³-hybridized carbons (Fsp3) is 0.158. The van der Waals surface area contributed by atoms with Crippen molar-refractivity contribution in [1.82, 2.24) is 9.97 Å². The van der Waals surface area contributed by atoms with E-state index in [1.54, 1.807) is 0 Å². The van der Waals surface area contributed by atoms with Gasteiger partial charge < -0.3 is 25.8 Å². The maximum atomic E-state index is 6.26. The second-order valence-electron chi connectivity index (χ2n) is 6.05. The topological polar surface area (TPSA) is 94.3 Å². The average molecular weight is 384 g/mol. The van der Waals surface area contributed by atoms with Gasteiger partial charge in [-0.3, -0.25) is 0 Å². The second-order valence-corrected chi connectivity index (χ2v) is 6.49. The number of halogens is 1. The first-order valence-corrected chi connectivity index (χ1v) is 8.78. The molecular formula is C19H18ClN5O2. The number of ether oxygens (including phenoxy) is 2. The molecular weight excluding hydrogens is 366 g/mol. The number of rotatable bonds is 4. The molecule has 0 radical (unpaired) electrons. The molecule has 138 valence electrons. The molecule has 0 amide bonds. The number of anilines is 5. The smallest absolute Gasteiger partial charge is 0.163 e. The van der Waals surface area contributed by atoms with E-state index in [0.29, 0.717) is 41.3 Å². The highest BCUT2D eigenvalue weighted by atomic mass is 35.5. The van der Waals surface area contributed by atoms with E-state index in [9.17, 15) is 0 Å². The number of nitrogens with two attached hydrogens (primary N) is 1. The van der Waals surface area contributed by atoms with Gasteiger partial charge in [0.1, 0.15) is 25.2 Å². The minimum atomic E-state index is 0.404. The van der Waals surface area contributed by atoms with E-state index in [4.69, 9.17) is 26.8 Å². The Morgan fingerprint density at radius 1 is 0.963 bits per heavy atom. The number of hydrogen-bond donors (Lipinski definition) is 3. The SMILES string of the molecule is Cc1cc(Cl)ccc1Nc1ncnc(Nc2ccc3c(c2)OCCO3)c1N. The molecule has 0 unspecified atom stereocenters. The molecule has 1 aliphatic heterocycles. The molecule has 2 aromatic carbocycles. The number of hydrogen-bond acceptors (Lipinski definition) is 7. The molecule has 1 aliphatic rings. The van der Waals surface area contributed by atoms with Crippen molar-refractivity contribution in [3.8, 4) is 11.5 Å². The van der Waals surface area contributed by atoms with Gasteiger partial charge in [0.05, 0.1) is 0 Å². The summed E-state index contributed by atoms with van der Waals surface area (Å²) in [5.41, 5.74) is 9.32. The summed E-state index contributed by atoms with van der Waals surface area (Å²) in [5.74, 6) is 2.42. The van der Waals surface area contributed by atoms with Crippen molar-refractivity contribution in [1.29, 1.82) is 0 Å². The van der Waals surface area contributed by atoms with Crippen molar-refractivity contribution in [3.63, 3.8) is 0 Å². The van der Waals surface area contributed by atoms with Gasteiger partial charge in [-0.1, -0.05) is 11.6 Å². The Hall–Kier alpha value is -3.19. The van der Waals surface area contributed by atoms with Crippen LogP contribution in [-0.4, -0.2) is 23.2 Å². The average Bonchev–Trinajstić information content (AvgIpc) is 2.67. The summed E-state index contributed by atoms with van der Waals surface area (Å²) in [6.07, 6.45) is 1.45. The van der Waals surface area contributed by atoms with Crippen LogP contribution in [0.15, 0.2) is 42.7 Å². The third kappa shape index (κ3) is 3.68. The van der Waals surface area contributed by atoms with Crippen LogP contribution in [0.3, 0.4) is 0 Å². The summed E-state index contributed by atoms with van der Waals surface area (Å²) < 4.78 is 11.1. The summed E-state index contributed by atoms with van der Waals surface area (Å²) in [5, 5.41) is 7.10. The van der Waals surface area contributed by atoms with Gasteiger partial charge in [0.25, 0.3) is 0 Å². The van der Waals surface area contributed by atoms with Crippen LogP contribution in [0.1, 0.15) is 5.56 Å². The molecule has 7 nitrogen and oxygen atoms in total. The van der Waals surface area contributed by atoms with Gasteiger partial charge in [0, 0.05) is 22.5 Å².